The fraction of sp³-hybridized carbons (Fsp3) is 0.800. The van der Waals surface area contributed by atoms with E-state index in [1.54, 1.807) is 0 Å². The number of carbonyl (C=O) groups is 2. The Bertz CT molecular complexity index is 223. The summed E-state index contributed by atoms with van der Waals surface area (Å²) in [6.07, 6.45) is 1.79. The molecule has 0 saturated heterocycles. The number of hydrogen-bond acceptors (Lipinski definition) is 2. The first-order chi connectivity index (χ1) is 6.30. The van der Waals surface area contributed by atoms with Gasteiger partial charge in [-0.2, -0.15) is 0 Å². The summed E-state index contributed by atoms with van der Waals surface area (Å²) >= 11 is 0. The van der Waals surface area contributed by atoms with Crippen molar-refractivity contribution < 1.29 is 14.7 Å². The average Bonchev–Trinajstić information content (AvgIpc) is 2.01. The molecule has 4 nitrogen and oxygen atoms in total. The summed E-state index contributed by atoms with van der Waals surface area (Å²) in [6, 6.07) is 0. The van der Waals surface area contributed by atoms with Crippen molar-refractivity contribution in [2.45, 2.75) is 46.1 Å². The summed E-state index contributed by atoms with van der Waals surface area (Å²) in [4.78, 5) is 21.9. The van der Waals surface area contributed by atoms with Crippen molar-refractivity contribution in [1.82, 2.24) is 5.32 Å². The molecule has 0 aromatic heterocycles. The highest BCUT2D eigenvalue weighted by atomic mass is 16.4. The maximum absolute atomic E-state index is 11.4. The average molecular weight is 201 g/mol. The van der Waals surface area contributed by atoms with Gasteiger partial charge in [-0.25, -0.2) is 0 Å². The van der Waals surface area contributed by atoms with Crippen LogP contribution >= 0.6 is 0 Å². The minimum absolute atomic E-state index is 0.324. The summed E-state index contributed by atoms with van der Waals surface area (Å²) < 4.78 is 0. The predicted molar refractivity (Wildman–Crippen MR) is 53.9 cm³/mol. The first kappa shape index (κ1) is 12.9. The van der Waals surface area contributed by atoms with Gasteiger partial charge < -0.3 is 10.4 Å². The van der Waals surface area contributed by atoms with Crippen molar-refractivity contribution in [3.05, 3.63) is 0 Å². The van der Waals surface area contributed by atoms with Crippen LogP contribution in [0.4, 0.5) is 0 Å². The van der Waals surface area contributed by atoms with Gasteiger partial charge >= 0.3 is 5.97 Å². The minimum Gasteiger partial charge on any atom is -0.481 e. The SMILES string of the molecule is CCCC(C)(C)NC(=O)C(C)C(=O)O. The van der Waals surface area contributed by atoms with Crippen molar-refractivity contribution in [3.63, 3.8) is 0 Å². The third-order valence-electron chi connectivity index (χ3n) is 2.10. The number of nitrogens with one attached hydrogen (secondary N) is 1. The summed E-state index contributed by atoms with van der Waals surface area (Å²) in [5, 5.41) is 11.3. The zero-order chi connectivity index (χ0) is 11.4. The minimum atomic E-state index is -1.09. The molecular weight excluding hydrogens is 182 g/mol. The quantitative estimate of drug-likeness (QED) is 0.661. The zero-order valence-electron chi connectivity index (χ0n) is 9.26. The molecule has 0 aromatic rings. The standard InChI is InChI=1S/C10H19NO3/c1-5-6-10(3,4)11-8(12)7(2)9(13)14/h7H,5-6H2,1-4H3,(H,11,12)(H,13,14). The van der Waals surface area contributed by atoms with Gasteiger partial charge in [-0.15, -0.1) is 0 Å². The van der Waals surface area contributed by atoms with Gasteiger partial charge in [0.2, 0.25) is 5.91 Å². The van der Waals surface area contributed by atoms with Gasteiger partial charge in [0.25, 0.3) is 0 Å². The predicted octanol–water partition coefficient (Wildman–Crippen LogP) is 1.40. The molecule has 0 rings (SSSR count). The lowest BCUT2D eigenvalue weighted by Gasteiger charge is -2.26. The van der Waals surface area contributed by atoms with E-state index >= 15 is 0 Å². The van der Waals surface area contributed by atoms with Gasteiger partial charge in [-0.05, 0) is 27.2 Å². The van der Waals surface area contributed by atoms with E-state index in [-0.39, 0.29) is 5.54 Å². The van der Waals surface area contributed by atoms with Gasteiger partial charge in [0.05, 0.1) is 0 Å². The molecule has 0 spiro atoms. The lowest BCUT2D eigenvalue weighted by Crippen LogP contribution is -2.46. The zero-order valence-corrected chi connectivity index (χ0v) is 9.26. The first-order valence-electron chi connectivity index (χ1n) is 4.85. The molecule has 0 aromatic carbocycles. The smallest absolute Gasteiger partial charge is 0.315 e. The summed E-state index contributed by atoms with van der Waals surface area (Å²) in [5.41, 5.74) is -0.324. The van der Waals surface area contributed by atoms with Crippen molar-refractivity contribution in [2.75, 3.05) is 0 Å². The normalized spacial score (nSPS) is 13.4. The maximum atomic E-state index is 11.4. The van der Waals surface area contributed by atoms with Gasteiger partial charge in [-0.3, -0.25) is 9.59 Å². The van der Waals surface area contributed by atoms with E-state index in [1.807, 2.05) is 20.8 Å². The van der Waals surface area contributed by atoms with Crippen LogP contribution in [-0.2, 0) is 9.59 Å². The van der Waals surface area contributed by atoms with E-state index in [9.17, 15) is 9.59 Å². The van der Waals surface area contributed by atoms with E-state index < -0.39 is 17.8 Å². The van der Waals surface area contributed by atoms with Crippen LogP contribution in [0.1, 0.15) is 40.5 Å². The highest BCUT2D eigenvalue weighted by Gasteiger charge is 2.26. The van der Waals surface area contributed by atoms with Crippen LogP contribution < -0.4 is 5.32 Å². The molecule has 0 bridgehead atoms. The summed E-state index contributed by atoms with van der Waals surface area (Å²) in [6.45, 7) is 7.19. The third-order valence-corrected chi connectivity index (χ3v) is 2.10. The van der Waals surface area contributed by atoms with Gasteiger partial charge in [0.15, 0.2) is 0 Å². The topological polar surface area (TPSA) is 66.4 Å². The Morgan fingerprint density at radius 3 is 2.29 bits per heavy atom. The molecule has 0 aliphatic rings. The monoisotopic (exact) mass is 201 g/mol. The second kappa shape index (κ2) is 4.98. The second-order valence-electron chi connectivity index (χ2n) is 4.18. The number of rotatable bonds is 5. The van der Waals surface area contributed by atoms with Gasteiger partial charge in [0.1, 0.15) is 5.92 Å². The molecule has 0 heterocycles. The van der Waals surface area contributed by atoms with Crippen LogP contribution in [0.5, 0.6) is 0 Å². The fourth-order valence-corrected chi connectivity index (χ4v) is 1.24. The Kier molecular flexibility index (Phi) is 4.60. The van der Waals surface area contributed by atoms with E-state index in [0.29, 0.717) is 0 Å². The molecule has 0 aliphatic carbocycles. The number of carbonyl (C=O) groups excluding carboxylic acids is 1. The Balaban J connectivity index is 4.24. The Hall–Kier alpha value is -1.06. The van der Waals surface area contributed by atoms with Gasteiger partial charge in [0, 0.05) is 5.54 Å². The van der Waals surface area contributed by atoms with Gasteiger partial charge in [-0.1, -0.05) is 13.3 Å². The molecule has 0 fully saturated rings. The molecule has 1 unspecified atom stereocenters. The van der Waals surface area contributed by atoms with Crippen LogP contribution in [0.25, 0.3) is 0 Å². The van der Waals surface area contributed by atoms with Crippen molar-refractivity contribution in [1.29, 1.82) is 0 Å². The van der Waals surface area contributed by atoms with Crippen LogP contribution in [0.15, 0.2) is 0 Å². The van der Waals surface area contributed by atoms with E-state index in [1.165, 1.54) is 6.92 Å². The number of carboxylic acids is 1. The first-order valence-corrected chi connectivity index (χ1v) is 4.85. The van der Waals surface area contributed by atoms with E-state index in [0.717, 1.165) is 12.8 Å². The van der Waals surface area contributed by atoms with Crippen molar-refractivity contribution in [2.24, 2.45) is 5.92 Å². The van der Waals surface area contributed by atoms with E-state index in [4.69, 9.17) is 5.11 Å². The lowest BCUT2D eigenvalue weighted by atomic mass is 9.97. The number of amides is 1. The van der Waals surface area contributed by atoms with Crippen LogP contribution in [0.2, 0.25) is 0 Å². The number of aliphatic carboxylic acids is 1. The molecule has 4 heteroatoms. The molecule has 1 amide bonds. The van der Waals surface area contributed by atoms with E-state index in [2.05, 4.69) is 5.32 Å². The number of hydrogen-bond donors (Lipinski definition) is 2. The molecule has 0 radical (unpaired) electrons. The highest BCUT2D eigenvalue weighted by Crippen LogP contribution is 2.11. The van der Waals surface area contributed by atoms with Crippen molar-refractivity contribution in [3.8, 4) is 0 Å². The third kappa shape index (κ3) is 4.25. The highest BCUT2D eigenvalue weighted by molar-refractivity contribution is 5.96. The lowest BCUT2D eigenvalue weighted by molar-refractivity contribution is -0.146. The summed E-state index contributed by atoms with van der Waals surface area (Å²) in [7, 11) is 0. The Morgan fingerprint density at radius 2 is 1.93 bits per heavy atom. The fourth-order valence-electron chi connectivity index (χ4n) is 1.24. The Morgan fingerprint density at radius 1 is 1.43 bits per heavy atom. The maximum Gasteiger partial charge on any atom is 0.315 e. The van der Waals surface area contributed by atoms with Crippen molar-refractivity contribution >= 4 is 11.9 Å². The molecule has 1 atom stereocenters. The Labute approximate surface area is 84.7 Å². The molecule has 82 valence electrons. The van der Waals surface area contributed by atoms with Crippen LogP contribution in [-0.4, -0.2) is 22.5 Å². The van der Waals surface area contributed by atoms with Crippen LogP contribution in [0, 0.1) is 5.92 Å². The number of carboxylic acid groups (broad SMARTS) is 1. The largest absolute Gasteiger partial charge is 0.481 e. The molecule has 0 saturated carbocycles. The molecule has 0 aliphatic heterocycles. The molecule has 2 N–H and O–H groups in total. The second-order valence-corrected chi connectivity index (χ2v) is 4.18. The van der Waals surface area contributed by atoms with Crippen LogP contribution in [0.3, 0.4) is 0 Å². The molecule has 14 heavy (non-hydrogen) atoms. The molecular formula is C10H19NO3. The summed E-state index contributed by atoms with van der Waals surface area (Å²) in [5.74, 6) is -2.49.